The fourth-order valence-corrected chi connectivity index (χ4v) is 8.15. The minimum Gasteiger partial charge on any atom is -0.469 e. The molecule has 156 valence electrons. The van der Waals surface area contributed by atoms with Gasteiger partial charge < -0.3 is 9.16 Å². The zero-order valence-corrected chi connectivity index (χ0v) is 19.3. The molecule has 2 aromatic rings. The van der Waals surface area contributed by atoms with E-state index in [-0.39, 0.29) is 17.4 Å². The maximum atomic E-state index is 11.2. The highest BCUT2D eigenvalue weighted by molar-refractivity contribution is 6.99. The zero-order chi connectivity index (χ0) is 22.0. The van der Waals surface area contributed by atoms with Crippen molar-refractivity contribution in [2.24, 2.45) is 0 Å². The SMILES string of the molecule is C#CC(CC#CCCC(=O)OC)O[Si](c1ccccc1)(c1ccccc1)C(C)(C)C. The topological polar surface area (TPSA) is 35.5 Å². The predicted molar refractivity (Wildman–Crippen MR) is 125 cm³/mol. The second-order valence-electron chi connectivity index (χ2n) is 8.07. The first kappa shape index (κ1) is 23.5. The van der Waals surface area contributed by atoms with Crippen LogP contribution in [0.25, 0.3) is 0 Å². The van der Waals surface area contributed by atoms with Gasteiger partial charge in [0.2, 0.25) is 0 Å². The third kappa shape index (κ3) is 5.63. The minimum atomic E-state index is -2.71. The summed E-state index contributed by atoms with van der Waals surface area (Å²) in [6, 6.07) is 20.8. The molecule has 4 heteroatoms. The number of ether oxygens (including phenoxy) is 1. The van der Waals surface area contributed by atoms with Crippen molar-refractivity contribution >= 4 is 24.7 Å². The largest absolute Gasteiger partial charge is 0.469 e. The van der Waals surface area contributed by atoms with Crippen molar-refractivity contribution in [2.45, 2.75) is 51.2 Å². The molecule has 0 aromatic heterocycles. The van der Waals surface area contributed by atoms with E-state index in [0.717, 1.165) is 0 Å². The maximum Gasteiger partial charge on any atom is 0.306 e. The zero-order valence-electron chi connectivity index (χ0n) is 18.3. The summed E-state index contributed by atoms with van der Waals surface area (Å²) in [4.78, 5) is 11.2. The van der Waals surface area contributed by atoms with E-state index in [2.05, 4.69) is 67.5 Å². The smallest absolute Gasteiger partial charge is 0.306 e. The van der Waals surface area contributed by atoms with E-state index < -0.39 is 14.4 Å². The Morgan fingerprint density at radius 1 is 1.00 bits per heavy atom. The van der Waals surface area contributed by atoms with Crippen LogP contribution < -0.4 is 10.4 Å². The van der Waals surface area contributed by atoms with Gasteiger partial charge in [-0.25, -0.2) is 0 Å². The standard InChI is InChI=1S/C26H30O3Si/c1-6-22(16-10-7-15-21-25(27)28-5)29-30(26(2,3)4,23-17-11-8-12-18-23)24-19-13-9-14-20-24/h1,8-9,11-14,17-20,22H,15-16,21H2,2-5H3. The van der Waals surface area contributed by atoms with E-state index in [4.69, 9.17) is 10.8 Å². The van der Waals surface area contributed by atoms with Crippen LogP contribution in [0.3, 0.4) is 0 Å². The van der Waals surface area contributed by atoms with E-state index >= 15 is 0 Å². The monoisotopic (exact) mass is 418 g/mol. The van der Waals surface area contributed by atoms with Crippen molar-refractivity contribution in [1.29, 1.82) is 0 Å². The van der Waals surface area contributed by atoms with Gasteiger partial charge in [0.25, 0.3) is 8.32 Å². The number of hydrogen-bond donors (Lipinski definition) is 0. The van der Waals surface area contributed by atoms with Gasteiger partial charge in [0.1, 0.15) is 6.10 Å². The Labute approximate surface area is 181 Å². The van der Waals surface area contributed by atoms with Crippen molar-refractivity contribution in [1.82, 2.24) is 0 Å². The molecule has 1 unspecified atom stereocenters. The molecule has 0 spiro atoms. The fourth-order valence-electron chi connectivity index (χ4n) is 3.56. The molecule has 0 N–H and O–H groups in total. The van der Waals surface area contributed by atoms with Crippen molar-refractivity contribution in [3.63, 3.8) is 0 Å². The van der Waals surface area contributed by atoms with E-state index in [1.807, 2.05) is 36.4 Å². The van der Waals surface area contributed by atoms with Crippen LogP contribution in [0.2, 0.25) is 5.04 Å². The molecule has 0 saturated heterocycles. The Bertz CT molecular complexity index is 872. The van der Waals surface area contributed by atoms with Crippen LogP contribution in [-0.2, 0) is 14.0 Å². The van der Waals surface area contributed by atoms with Gasteiger partial charge in [-0.15, -0.1) is 12.3 Å². The summed E-state index contributed by atoms with van der Waals surface area (Å²) in [5.41, 5.74) is 0. The van der Waals surface area contributed by atoms with Gasteiger partial charge in [-0.1, -0.05) is 93.3 Å². The Morgan fingerprint density at radius 3 is 1.97 bits per heavy atom. The Balaban J connectivity index is 2.39. The van der Waals surface area contributed by atoms with Crippen LogP contribution in [0, 0.1) is 24.2 Å². The number of benzene rings is 2. The summed E-state index contributed by atoms with van der Waals surface area (Å²) in [5.74, 6) is 8.63. The lowest BCUT2D eigenvalue weighted by Crippen LogP contribution is -2.67. The highest BCUT2D eigenvalue weighted by Gasteiger charge is 2.51. The van der Waals surface area contributed by atoms with Crippen LogP contribution >= 0.6 is 0 Å². The quantitative estimate of drug-likeness (QED) is 0.389. The summed E-state index contributed by atoms with van der Waals surface area (Å²) in [6.07, 6.45) is 6.57. The van der Waals surface area contributed by atoms with Crippen LogP contribution in [0.1, 0.15) is 40.0 Å². The maximum absolute atomic E-state index is 11.2. The molecular weight excluding hydrogens is 388 g/mol. The highest BCUT2D eigenvalue weighted by Crippen LogP contribution is 2.37. The lowest BCUT2D eigenvalue weighted by Gasteiger charge is -2.44. The average Bonchev–Trinajstić information content (AvgIpc) is 2.75. The number of esters is 1. The summed E-state index contributed by atoms with van der Waals surface area (Å²) in [6.45, 7) is 6.65. The van der Waals surface area contributed by atoms with E-state index in [0.29, 0.717) is 12.8 Å². The van der Waals surface area contributed by atoms with Crippen LogP contribution in [-0.4, -0.2) is 27.5 Å². The number of methoxy groups -OCH3 is 1. The molecule has 30 heavy (non-hydrogen) atoms. The van der Waals surface area contributed by atoms with Crippen LogP contribution in [0.15, 0.2) is 60.7 Å². The predicted octanol–water partition coefficient (Wildman–Crippen LogP) is 3.91. The van der Waals surface area contributed by atoms with Gasteiger partial charge in [-0.2, -0.15) is 0 Å². The second-order valence-corrected chi connectivity index (χ2v) is 12.3. The van der Waals surface area contributed by atoms with Crippen molar-refractivity contribution in [2.75, 3.05) is 7.11 Å². The first-order chi connectivity index (χ1) is 14.3. The third-order valence-electron chi connectivity index (χ3n) is 5.02. The van der Waals surface area contributed by atoms with Gasteiger partial charge in [0.15, 0.2) is 0 Å². The lowest BCUT2D eigenvalue weighted by atomic mass is 10.2. The number of terminal acetylenes is 1. The molecular formula is C26H30O3Si. The normalized spacial score (nSPS) is 12.2. The molecule has 0 fully saturated rings. The Morgan fingerprint density at radius 2 is 1.53 bits per heavy atom. The van der Waals surface area contributed by atoms with Gasteiger partial charge in [0, 0.05) is 12.8 Å². The second kappa shape index (κ2) is 10.8. The molecule has 0 heterocycles. The Hall–Kier alpha value is -2.79. The number of carbonyl (C=O) groups is 1. The van der Waals surface area contributed by atoms with Crippen molar-refractivity contribution < 1.29 is 14.0 Å². The molecule has 0 bridgehead atoms. The number of rotatable bonds is 7. The molecule has 2 aromatic carbocycles. The van der Waals surface area contributed by atoms with E-state index in [9.17, 15) is 4.79 Å². The van der Waals surface area contributed by atoms with Gasteiger partial charge in [-0.05, 0) is 15.4 Å². The average molecular weight is 419 g/mol. The molecule has 0 amide bonds. The first-order valence-electron chi connectivity index (χ1n) is 10.1. The molecule has 0 saturated carbocycles. The Kier molecular flexibility index (Phi) is 8.48. The molecule has 0 radical (unpaired) electrons. The lowest BCUT2D eigenvalue weighted by molar-refractivity contribution is -0.140. The summed E-state index contributed by atoms with van der Waals surface area (Å²) >= 11 is 0. The molecule has 1 atom stereocenters. The molecule has 0 aliphatic heterocycles. The van der Waals surface area contributed by atoms with Crippen LogP contribution in [0.4, 0.5) is 0 Å². The van der Waals surface area contributed by atoms with Crippen LogP contribution in [0.5, 0.6) is 0 Å². The summed E-state index contributed by atoms with van der Waals surface area (Å²) in [7, 11) is -1.33. The molecule has 2 rings (SSSR count). The number of hydrogen-bond acceptors (Lipinski definition) is 3. The molecule has 0 aliphatic carbocycles. The fraction of sp³-hybridized carbons (Fsp3) is 0.346. The van der Waals surface area contributed by atoms with Gasteiger partial charge in [-0.3, -0.25) is 4.79 Å². The minimum absolute atomic E-state index is 0.150. The van der Waals surface area contributed by atoms with Crippen molar-refractivity contribution in [3.05, 3.63) is 60.7 Å². The first-order valence-corrected chi connectivity index (χ1v) is 12.0. The van der Waals surface area contributed by atoms with Gasteiger partial charge >= 0.3 is 5.97 Å². The molecule has 0 aliphatic rings. The van der Waals surface area contributed by atoms with Crippen molar-refractivity contribution in [3.8, 4) is 24.2 Å². The van der Waals surface area contributed by atoms with E-state index in [1.165, 1.54) is 17.5 Å². The summed E-state index contributed by atoms with van der Waals surface area (Å²) < 4.78 is 11.5. The number of carbonyl (C=O) groups excluding carboxylic acids is 1. The summed E-state index contributed by atoms with van der Waals surface area (Å²) in [5, 5.41) is 2.22. The van der Waals surface area contributed by atoms with Gasteiger partial charge in [0.05, 0.1) is 13.5 Å². The third-order valence-corrected chi connectivity index (χ3v) is 10.1. The highest BCUT2D eigenvalue weighted by atomic mass is 28.4. The molecule has 3 nitrogen and oxygen atoms in total. The van der Waals surface area contributed by atoms with E-state index in [1.54, 1.807) is 0 Å².